The molecule has 1 rings (SSSR count). The van der Waals surface area contributed by atoms with Crippen molar-refractivity contribution < 1.29 is 42.9 Å². The molecular formula is C21H31NO9S. The molecule has 1 aliphatic rings. The number of nitrogens with zero attached hydrogens (tertiary/aromatic N) is 1. The number of rotatable bonds is 12. The van der Waals surface area contributed by atoms with E-state index in [9.17, 15) is 19.2 Å². The molecule has 1 saturated heterocycles. The van der Waals surface area contributed by atoms with Gasteiger partial charge in [-0.1, -0.05) is 12.8 Å². The number of hydrogen-bond acceptors (Lipinski definition) is 11. The quantitative estimate of drug-likeness (QED) is 0.234. The van der Waals surface area contributed by atoms with Gasteiger partial charge in [-0.15, -0.1) is 11.8 Å². The van der Waals surface area contributed by atoms with Crippen LogP contribution in [0.2, 0.25) is 0 Å². The summed E-state index contributed by atoms with van der Waals surface area (Å²) in [6, 6.07) is 2.11. The van der Waals surface area contributed by atoms with E-state index in [-0.39, 0.29) is 6.61 Å². The van der Waals surface area contributed by atoms with E-state index in [0.717, 1.165) is 25.7 Å². The van der Waals surface area contributed by atoms with E-state index in [1.807, 2.05) is 0 Å². The molecule has 0 amide bonds. The number of nitriles is 1. The second-order valence-corrected chi connectivity index (χ2v) is 8.47. The maximum absolute atomic E-state index is 11.8. The summed E-state index contributed by atoms with van der Waals surface area (Å²) in [5.41, 5.74) is -0.741. The molecule has 0 N–H and O–H groups in total. The van der Waals surface area contributed by atoms with Crippen molar-refractivity contribution in [2.45, 2.75) is 89.7 Å². The zero-order valence-electron chi connectivity index (χ0n) is 18.9. The summed E-state index contributed by atoms with van der Waals surface area (Å²) in [6.07, 6.45) is -0.196. The largest absolute Gasteiger partial charge is 0.463 e. The molecule has 11 heteroatoms. The molecule has 0 unspecified atom stereocenters. The average Bonchev–Trinajstić information content (AvgIpc) is 2.68. The molecule has 0 bridgehead atoms. The maximum Gasteiger partial charge on any atom is 0.303 e. The van der Waals surface area contributed by atoms with Crippen LogP contribution in [0.3, 0.4) is 0 Å². The Labute approximate surface area is 192 Å². The first-order valence-corrected chi connectivity index (χ1v) is 11.5. The minimum atomic E-state index is -1.14. The first-order chi connectivity index (χ1) is 15.1. The topological polar surface area (TPSA) is 138 Å². The zero-order chi connectivity index (χ0) is 24.1. The van der Waals surface area contributed by atoms with Gasteiger partial charge >= 0.3 is 23.9 Å². The average molecular weight is 474 g/mol. The fourth-order valence-electron chi connectivity index (χ4n) is 3.18. The summed E-state index contributed by atoms with van der Waals surface area (Å²) >= 11 is 1.36. The fraction of sp³-hybridized carbons (Fsp3) is 0.762. The van der Waals surface area contributed by atoms with Gasteiger partial charge in [0.2, 0.25) is 0 Å². The van der Waals surface area contributed by atoms with Gasteiger partial charge in [-0.25, -0.2) is 0 Å². The van der Waals surface area contributed by atoms with E-state index >= 15 is 0 Å². The Balaban J connectivity index is 3.03. The van der Waals surface area contributed by atoms with Gasteiger partial charge in [0.1, 0.15) is 18.1 Å². The first-order valence-electron chi connectivity index (χ1n) is 10.4. The summed E-state index contributed by atoms with van der Waals surface area (Å²) < 4.78 is 27.2. The number of unbranched alkanes of at least 4 members (excludes halogenated alkanes) is 4. The van der Waals surface area contributed by atoms with E-state index in [2.05, 4.69) is 6.07 Å². The SMILES string of the molecule is CC(=O)OC[C@H]1O[C@@H](SCCCCCCC#N)[C@H](OC(C)=O)[C@@H](OC(C)=O)[C@H]1OC(C)=O. The normalized spacial score (nSPS) is 24.7. The molecule has 0 aliphatic carbocycles. The Morgan fingerprint density at radius 1 is 0.812 bits per heavy atom. The van der Waals surface area contributed by atoms with Crippen LogP contribution in [0.1, 0.15) is 59.8 Å². The highest BCUT2D eigenvalue weighted by Crippen LogP contribution is 2.34. The summed E-state index contributed by atoms with van der Waals surface area (Å²) in [7, 11) is 0. The van der Waals surface area contributed by atoms with Crippen LogP contribution in [0, 0.1) is 11.3 Å². The maximum atomic E-state index is 11.8. The van der Waals surface area contributed by atoms with Crippen LogP contribution in [0.25, 0.3) is 0 Å². The highest BCUT2D eigenvalue weighted by molar-refractivity contribution is 7.99. The lowest BCUT2D eigenvalue weighted by atomic mass is 9.99. The Morgan fingerprint density at radius 2 is 1.38 bits per heavy atom. The van der Waals surface area contributed by atoms with Crippen LogP contribution in [-0.4, -0.2) is 66.1 Å². The minimum absolute atomic E-state index is 0.233. The zero-order valence-corrected chi connectivity index (χ0v) is 19.7. The van der Waals surface area contributed by atoms with Gasteiger partial charge < -0.3 is 23.7 Å². The third-order valence-corrected chi connectivity index (χ3v) is 5.65. The van der Waals surface area contributed by atoms with Crippen molar-refractivity contribution in [3.8, 4) is 6.07 Å². The van der Waals surface area contributed by atoms with Crippen molar-refractivity contribution in [2.24, 2.45) is 0 Å². The lowest BCUT2D eigenvalue weighted by Crippen LogP contribution is -2.61. The van der Waals surface area contributed by atoms with Crippen molar-refractivity contribution in [3.05, 3.63) is 0 Å². The van der Waals surface area contributed by atoms with Gasteiger partial charge in [0.15, 0.2) is 18.3 Å². The molecule has 0 radical (unpaired) electrons. The molecule has 5 atom stereocenters. The monoisotopic (exact) mass is 473 g/mol. The fourth-order valence-corrected chi connectivity index (χ4v) is 4.41. The molecule has 0 aromatic carbocycles. The van der Waals surface area contributed by atoms with Crippen LogP contribution >= 0.6 is 11.8 Å². The van der Waals surface area contributed by atoms with Crippen LogP contribution in [0.5, 0.6) is 0 Å². The molecule has 1 aliphatic heterocycles. The summed E-state index contributed by atoms with van der Waals surface area (Å²) in [4.78, 5) is 46.6. The minimum Gasteiger partial charge on any atom is -0.463 e. The van der Waals surface area contributed by atoms with Crippen LogP contribution < -0.4 is 0 Å². The van der Waals surface area contributed by atoms with E-state index in [1.165, 1.54) is 39.5 Å². The van der Waals surface area contributed by atoms with Crippen molar-refractivity contribution >= 4 is 35.6 Å². The predicted molar refractivity (Wildman–Crippen MR) is 113 cm³/mol. The Bertz CT molecular complexity index is 693. The molecule has 0 aromatic heterocycles. The Morgan fingerprint density at radius 3 is 1.94 bits per heavy atom. The molecule has 1 fully saturated rings. The van der Waals surface area contributed by atoms with Crippen molar-refractivity contribution in [2.75, 3.05) is 12.4 Å². The van der Waals surface area contributed by atoms with E-state index < -0.39 is 53.7 Å². The summed E-state index contributed by atoms with van der Waals surface area (Å²) in [6.45, 7) is 4.58. The second-order valence-electron chi connectivity index (χ2n) is 7.26. The molecule has 0 saturated carbocycles. The summed E-state index contributed by atoms with van der Waals surface area (Å²) in [5, 5.41) is 8.60. The van der Waals surface area contributed by atoms with Gasteiger partial charge in [0.05, 0.1) is 6.07 Å². The third kappa shape index (κ3) is 10.3. The summed E-state index contributed by atoms with van der Waals surface area (Å²) in [5.74, 6) is -1.83. The number of esters is 4. The highest BCUT2D eigenvalue weighted by atomic mass is 32.2. The smallest absolute Gasteiger partial charge is 0.303 e. The molecule has 10 nitrogen and oxygen atoms in total. The molecule has 0 aromatic rings. The number of carbonyl (C=O) groups is 4. The lowest BCUT2D eigenvalue weighted by molar-refractivity contribution is -0.237. The third-order valence-electron chi connectivity index (χ3n) is 4.41. The lowest BCUT2D eigenvalue weighted by Gasteiger charge is -2.44. The predicted octanol–water partition coefficient (Wildman–Crippen LogP) is 2.28. The molecule has 32 heavy (non-hydrogen) atoms. The Kier molecular flexibility index (Phi) is 12.7. The number of ether oxygens (including phenoxy) is 5. The van der Waals surface area contributed by atoms with Crippen LogP contribution in [0.15, 0.2) is 0 Å². The first kappa shape index (κ1) is 27.7. The van der Waals surface area contributed by atoms with Crippen molar-refractivity contribution in [1.29, 1.82) is 5.26 Å². The van der Waals surface area contributed by atoms with E-state index in [0.29, 0.717) is 12.2 Å². The van der Waals surface area contributed by atoms with Gasteiger partial charge in [0, 0.05) is 34.1 Å². The number of carbonyl (C=O) groups excluding carboxylic acids is 4. The van der Waals surface area contributed by atoms with Crippen molar-refractivity contribution in [3.63, 3.8) is 0 Å². The van der Waals surface area contributed by atoms with Crippen LogP contribution in [-0.2, 0) is 42.9 Å². The van der Waals surface area contributed by atoms with Crippen molar-refractivity contribution in [1.82, 2.24) is 0 Å². The van der Waals surface area contributed by atoms with E-state index in [1.54, 1.807) is 0 Å². The molecule has 1 heterocycles. The van der Waals surface area contributed by atoms with Gasteiger partial charge in [-0.3, -0.25) is 19.2 Å². The van der Waals surface area contributed by atoms with Gasteiger partial charge in [0.25, 0.3) is 0 Å². The Hall–Kier alpha value is -2.32. The number of hydrogen-bond donors (Lipinski definition) is 0. The molecular weight excluding hydrogens is 442 g/mol. The van der Waals surface area contributed by atoms with Gasteiger partial charge in [-0.2, -0.15) is 5.26 Å². The van der Waals surface area contributed by atoms with Gasteiger partial charge in [-0.05, 0) is 18.6 Å². The van der Waals surface area contributed by atoms with E-state index in [4.69, 9.17) is 28.9 Å². The molecule has 0 spiro atoms. The highest BCUT2D eigenvalue weighted by Gasteiger charge is 2.52. The van der Waals surface area contributed by atoms with Crippen LogP contribution in [0.4, 0.5) is 0 Å². The standard InChI is InChI=1S/C21H31NO9S/c1-13(23)27-12-17-18(28-14(2)24)19(29-15(3)25)20(30-16(4)26)21(31-17)32-11-9-7-5-6-8-10-22/h17-21H,5-9,11-12H2,1-4H3/t17-,18+,19+,20-,21+/m1/s1. The second kappa shape index (κ2) is 14.7. The number of thioether (sulfide) groups is 1. The molecule has 180 valence electrons.